The smallest absolute Gasteiger partial charge is 0.191 e. The van der Waals surface area contributed by atoms with Gasteiger partial charge in [-0.05, 0) is 38.5 Å². The van der Waals surface area contributed by atoms with Crippen LogP contribution in [-0.4, -0.2) is 52.2 Å². The molecule has 0 spiro atoms. The van der Waals surface area contributed by atoms with Crippen molar-refractivity contribution < 1.29 is 9.84 Å². The summed E-state index contributed by atoms with van der Waals surface area (Å²) in [6, 6.07) is 0.788. The molecule has 0 aliphatic heterocycles. The highest BCUT2D eigenvalue weighted by molar-refractivity contribution is 7.99. The van der Waals surface area contributed by atoms with Crippen molar-refractivity contribution in [3.8, 4) is 0 Å². The molecule has 1 heterocycles. The van der Waals surface area contributed by atoms with Crippen molar-refractivity contribution in [2.45, 2.75) is 68.8 Å². The summed E-state index contributed by atoms with van der Waals surface area (Å²) in [7, 11) is 0. The number of rotatable bonds is 10. The molecule has 3 rings (SSSR count). The molecule has 2 saturated carbocycles. The van der Waals surface area contributed by atoms with Gasteiger partial charge in [-0.25, -0.2) is 9.97 Å². The minimum Gasteiger partial charge on any atom is -0.394 e. The molecule has 25 heavy (non-hydrogen) atoms. The summed E-state index contributed by atoms with van der Waals surface area (Å²) >= 11 is 1.66. The van der Waals surface area contributed by atoms with Crippen molar-refractivity contribution >= 4 is 29.1 Å². The van der Waals surface area contributed by atoms with Gasteiger partial charge in [0.15, 0.2) is 16.8 Å². The van der Waals surface area contributed by atoms with E-state index in [1.807, 2.05) is 0 Å². The van der Waals surface area contributed by atoms with Crippen molar-refractivity contribution in [3.63, 3.8) is 0 Å². The predicted molar refractivity (Wildman–Crippen MR) is 102 cm³/mol. The third-order valence-electron chi connectivity index (χ3n) is 4.45. The maximum Gasteiger partial charge on any atom is 0.191 e. The third-order valence-corrected chi connectivity index (χ3v) is 5.50. The van der Waals surface area contributed by atoms with Gasteiger partial charge in [0.1, 0.15) is 5.69 Å². The molecule has 2 unspecified atom stereocenters. The number of nitrogens with zero attached hydrogens (tertiary/aromatic N) is 2. The molecule has 2 aliphatic rings. The molecule has 0 radical (unpaired) electrons. The zero-order valence-corrected chi connectivity index (χ0v) is 15.6. The van der Waals surface area contributed by atoms with Crippen LogP contribution >= 0.6 is 11.8 Å². The van der Waals surface area contributed by atoms with Crippen molar-refractivity contribution in [3.05, 3.63) is 0 Å². The van der Waals surface area contributed by atoms with E-state index >= 15 is 0 Å². The number of hydrogen-bond acceptors (Lipinski definition) is 8. The van der Waals surface area contributed by atoms with E-state index in [4.69, 9.17) is 15.6 Å². The Bertz CT molecular complexity index is 570. The lowest BCUT2D eigenvalue weighted by molar-refractivity contribution is 0.0326. The second kappa shape index (κ2) is 8.91. The fourth-order valence-corrected chi connectivity index (χ4v) is 3.68. The standard InChI is InChI=1S/C17H29N5O2S/c1-2-9-25-17-21-15(19-11-3-4-11)14(18)16(22-17)20-12-5-6-13(10-12)24-8-7-23/h11-13,23H,2-10,18H2,1H3,(H2,19,20,21,22). The van der Waals surface area contributed by atoms with E-state index in [0.29, 0.717) is 24.4 Å². The highest BCUT2D eigenvalue weighted by Gasteiger charge is 2.28. The number of nitrogen functional groups attached to an aromatic ring is 1. The van der Waals surface area contributed by atoms with Gasteiger partial charge in [-0.1, -0.05) is 18.7 Å². The lowest BCUT2D eigenvalue weighted by atomic mass is 10.2. The predicted octanol–water partition coefficient (Wildman–Crippen LogP) is 2.48. The number of hydrogen-bond donors (Lipinski definition) is 4. The molecule has 1 aromatic rings. The summed E-state index contributed by atoms with van der Waals surface area (Å²) in [6.07, 6.45) is 6.55. The van der Waals surface area contributed by atoms with Gasteiger partial charge in [-0.15, -0.1) is 0 Å². The number of aliphatic hydroxyl groups excluding tert-OH is 1. The molecule has 140 valence electrons. The van der Waals surface area contributed by atoms with Gasteiger partial charge in [0.05, 0.1) is 19.3 Å². The van der Waals surface area contributed by atoms with Crippen LogP contribution in [0.4, 0.5) is 17.3 Å². The van der Waals surface area contributed by atoms with E-state index in [0.717, 1.165) is 48.2 Å². The summed E-state index contributed by atoms with van der Waals surface area (Å²) in [5, 5.41) is 16.6. The van der Waals surface area contributed by atoms with Crippen LogP contribution in [0.15, 0.2) is 5.16 Å². The molecule has 2 atom stereocenters. The quantitative estimate of drug-likeness (QED) is 0.369. The van der Waals surface area contributed by atoms with Gasteiger partial charge in [-0.3, -0.25) is 0 Å². The zero-order chi connectivity index (χ0) is 17.6. The largest absolute Gasteiger partial charge is 0.394 e. The SMILES string of the molecule is CCCSc1nc(NC2CC2)c(N)c(NC2CCC(OCCO)C2)n1. The van der Waals surface area contributed by atoms with Gasteiger partial charge in [-0.2, -0.15) is 0 Å². The zero-order valence-electron chi connectivity index (χ0n) is 14.8. The van der Waals surface area contributed by atoms with Crippen molar-refractivity contribution in [2.75, 3.05) is 35.3 Å². The van der Waals surface area contributed by atoms with Crippen LogP contribution in [0.3, 0.4) is 0 Å². The number of thioether (sulfide) groups is 1. The van der Waals surface area contributed by atoms with Gasteiger partial charge in [0.2, 0.25) is 0 Å². The molecule has 7 nitrogen and oxygen atoms in total. The molecular formula is C17H29N5O2S. The Hall–Kier alpha value is -1.25. The molecule has 2 aliphatic carbocycles. The average molecular weight is 368 g/mol. The number of nitrogens with one attached hydrogen (secondary N) is 2. The Labute approximate surface area is 153 Å². The van der Waals surface area contributed by atoms with Crippen molar-refractivity contribution in [2.24, 2.45) is 0 Å². The molecular weight excluding hydrogens is 338 g/mol. The summed E-state index contributed by atoms with van der Waals surface area (Å²) in [6.45, 7) is 2.62. The maximum absolute atomic E-state index is 8.89. The molecule has 0 aromatic carbocycles. The number of nitrogens with two attached hydrogens (primary N) is 1. The second-order valence-corrected chi connectivity index (χ2v) is 7.82. The van der Waals surface area contributed by atoms with E-state index in [-0.39, 0.29) is 12.7 Å². The van der Waals surface area contributed by atoms with Crippen LogP contribution in [0.5, 0.6) is 0 Å². The highest BCUT2D eigenvalue weighted by atomic mass is 32.2. The second-order valence-electron chi connectivity index (χ2n) is 6.75. The number of aliphatic hydroxyl groups is 1. The Balaban J connectivity index is 1.68. The van der Waals surface area contributed by atoms with Crippen LogP contribution in [0, 0.1) is 0 Å². The Morgan fingerprint density at radius 1 is 1.16 bits per heavy atom. The highest BCUT2D eigenvalue weighted by Crippen LogP contribution is 2.34. The Kier molecular flexibility index (Phi) is 6.61. The molecule has 8 heteroatoms. The summed E-state index contributed by atoms with van der Waals surface area (Å²) in [5.41, 5.74) is 6.93. The molecule has 1 aromatic heterocycles. The fourth-order valence-electron chi connectivity index (χ4n) is 2.98. The van der Waals surface area contributed by atoms with Crippen LogP contribution in [0.25, 0.3) is 0 Å². The normalized spacial score (nSPS) is 23.0. The van der Waals surface area contributed by atoms with Crippen LogP contribution in [-0.2, 0) is 4.74 Å². The first-order valence-corrected chi connectivity index (χ1v) is 10.2. The summed E-state index contributed by atoms with van der Waals surface area (Å²) in [5.74, 6) is 2.47. The van der Waals surface area contributed by atoms with Gasteiger partial charge < -0.3 is 26.2 Å². The fraction of sp³-hybridized carbons (Fsp3) is 0.765. The number of anilines is 3. The van der Waals surface area contributed by atoms with E-state index < -0.39 is 0 Å². The molecule has 0 bridgehead atoms. The van der Waals surface area contributed by atoms with Crippen molar-refractivity contribution in [1.29, 1.82) is 0 Å². The van der Waals surface area contributed by atoms with E-state index in [2.05, 4.69) is 27.5 Å². The summed E-state index contributed by atoms with van der Waals surface area (Å²) in [4.78, 5) is 9.25. The number of aromatic nitrogens is 2. The monoisotopic (exact) mass is 367 g/mol. The Morgan fingerprint density at radius 2 is 1.84 bits per heavy atom. The van der Waals surface area contributed by atoms with E-state index in [9.17, 15) is 0 Å². The maximum atomic E-state index is 8.89. The first-order chi connectivity index (χ1) is 12.2. The molecule has 0 amide bonds. The number of ether oxygens (including phenoxy) is 1. The van der Waals surface area contributed by atoms with Crippen LogP contribution in [0.1, 0.15) is 45.4 Å². The minimum absolute atomic E-state index is 0.0711. The molecule has 5 N–H and O–H groups in total. The van der Waals surface area contributed by atoms with Gasteiger partial charge in [0, 0.05) is 17.8 Å². The van der Waals surface area contributed by atoms with Crippen molar-refractivity contribution in [1.82, 2.24) is 9.97 Å². The van der Waals surface area contributed by atoms with Crippen LogP contribution < -0.4 is 16.4 Å². The molecule has 0 saturated heterocycles. The minimum atomic E-state index is 0.0711. The first-order valence-electron chi connectivity index (χ1n) is 9.25. The average Bonchev–Trinajstić information content (AvgIpc) is 3.32. The topological polar surface area (TPSA) is 105 Å². The Morgan fingerprint density at radius 3 is 2.48 bits per heavy atom. The third kappa shape index (κ3) is 5.36. The van der Waals surface area contributed by atoms with E-state index in [1.54, 1.807) is 11.8 Å². The molecule has 2 fully saturated rings. The lowest BCUT2D eigenvalue weighted by Crippen LogP contribution is -2.21. The lowest BCUT2D eigenvalue weighted by Gasteiger charge is -2.18. The first kappa shape index (κ1) is 18.5. The van der Waals surface area contributed by atoms with Gasteiger partial charge >= 0.3 is 0 Å². The van der Waals surface area contributed by atoms with E-state index in [1.165, 1.54) is 12.8 Å². The van der Waals surface area contributed by atoms with Gasteiger partial charge in [0.25, 0.3) is 0 Å². The summed E-state index contributed by atoms with van der Waals surface area (Å²) < 4.78 is 5.64. The van der Waals surface area contributed by atoms with Crippen LogP contribution in [0.2, 0.25) is 0 Å².